The van der Waals surface area contributed by atoms with Crippen LogP contribution in [0.15, 0.2) is 23.0 Å². The summed E-state index contributed by atoms with van der Waals surface area (Å²) in [5.41, 5.74) is 2.54. The molecule has 1 aromatic heterocycles. The van der Waals surface area contributed by atoms with Crippen molar-refractivity contribution in [2.45, 2.75) is 20.3 Å². The zero-order valence-electron chi connectivity index (χ0n) is 13.1. The first-order valence-electron chi connectivity index (χ1n) is 7.77. The second-order valence-electron chi connectivity index (χ2n) is 6.27. The van der Waals surface area contributed by atoms with Crippen molar-refractivity contribution >= 4 is 22.6 Å². The minimum atomic E-state index is -0.184. The molecule has 1 aliphatic rings. The highest BCUT2D eigenvalue weighted by atomic mass is 16.2. The molecule has 1 aromatic carbocycles. The van der Waals surface area contributed by atoms with Gasteiger partial charge in [-0.05, 0) is 24.1 Å². The molecule has 1 aliphatic heterocycles. The van der Waals surface area contributed by atoms with E-state index in [-0.39, 0.29) is 11.6 Å². The number of nitrogens with one attached hydrogen (secondary N) is 2. The fraction of sp³-hybridized carbons (Fsp3) is 0.500. The van der Waals surface area contributed by atoms with Gasteiger partial charge < -0.3 is 19.8 Å². The molecule has 0 bridgehead atoms. The van der Waals surface area contributed by atoms with Crippen LogP contribution in [0.2, 0.25) is 0 Å². The number of carbonyl (C=O) groups excluding carboxylic acids is 1. The smallest absolute Gasteiger partial charge is 0.323 e. The summed E-state index contributed by atoms with van der Waals surface area (Å²) in [5.74, 6) is 0.651. The van der Waals surface area contributed by atoms with Gasteiger partial charge in [0.1, 0.15) is 0 Å². The summed E-state index contributed by atoms with van der Waals surface area (Å²) in [6.45, 7) is 7.30. The number of aromatic amines is 2. The molecule has 22 heavy (non-hydrogen) atoms. The van der Waals surface area contributed by atoms with Crippen LogP contribution in [-0.4, -0.2) is 47.0 Å². The van der Waals surface area contributed by atoms with Crippen molar-refractivity contribution in [3.05, 3.63) is 28.7 Å². The molecular weight excluding hydrogens is 280 g/mol. The average Bonchev–Trinajstić information content (AvgIpc) is 2.85. The van der Waals surface area contributed by atoms with Gasteiger partial charge >= 0.3 is 5.69 Å². The first-order valence-corrected chi connectivity index (χ1v) is 7.77. The van der Waals surface area contributed by atoms with Gasteiger partial charge in [0, 0.05) is 38.3 Å². The summed E-state index contributed by atoms with van der Waals surface area (Å²) in [4.78, 5) is 33.1. The molecule has 2 N–H and O–H groups in total. The van der Waals surface area contributed by atoms with Crippen LogP contribution in [-0.2, 0) is 4.79 Å². The number of hydrogen-bond acceptors (Lipinski definition) is 3. The van der Waals surface area contributed by atoms with E-state index >= 15 is 0 Å². The van der Waals surface area contributed by atoms with Crippen LogP contribution in [0.4, 0.5) is 5.69 Å². The van der Waals surface area contributed by atoms with Crippen LogP contribution in [0.1, 0.15) is 20.3 Å². The van der Waals surface area contributed by atoms with Crippen molar-refractivity contribution < 1.29 is 4.79 Å². The number of fused-ring (bicyclic) bond motifs is 1. The minimum absolute atomic E-state index is 0.184. The van der Waals surface area contributed by atoms with E-state index in [1.807, 2.05) is 23.1 Å². The Morgan fingerprint density at radius 3 is 2.50 bits per heavy atom. The summed E-state index contributed by atoms with van der Waals surface area (Å²) in [6.07, 6.45) is 0.622. The Bertz CT molecular complexity index is 723. The predicted octanol–water partition coefficient (Wildman–Crippen LogP) is 1.55. The predicted molar refractivity (Wildman–Crippen MR) is 87.2 cm³/mol. The van der Waals surface area contributed by atoms with Gasteiger partial charge in [-0.25, -0.2) is 4.79 Å². The molecule has 1 saturated heterocycles. The molecule has 6 nitrogen and oxygen atoms in total. The number of nitrogens with zero attached hydrogens (tertiary/aromatic N) is 2. The number of imidazole rings is 1. The normalized spacial score (nSPS) is 15.8. The lowest BCUT2D eigenvalue weighted by molar-refractivity contribution is -0.132. The number of carbonyl (C=O) groups is 1. The van der Waals surface area contributed by atoms with E-state index < -0.39 is 0 Å². The minimum Gasteiger partial charge on any atom is -0.368 e. The third-order valence-corrected chi connectivity index (χ3v) is 4.08. The highest BCUT2D eigenvalue weighted by molar-refractivity contribution is 5.79. The van der Waals surface area contributed by atoms with Crippen molar-refractivity contribution in [2.24, 2.45) is 5.92 Å². The van der Waals surface area contributed by atoms with Gasteiger partial charge in [-0.2, -0.15) is 0 Å². The molecule has 3 rings (SSSR count). The fourth-order valence-electron chi connectivity index (χ4n) is 2.91. The van der Waals surface area contributed by atoms with Gasteiger partial charge in [-0.1, -0.05) is 13.8 Å². The third-order valence-electron chi connectivity index (χ3n) is 4.08. The van der Waals surface area contributed by atoms with E-state index in [9.17, 15) is 9.59 Å². The summed E-state index contributed by atoms with van der Waals surface area (Å²) in [7, 11) is 0. The first-order chi connectivity index (χ1) is 10.5. The standard InChI is InChI=1S/C16H22N4O2/c1-11(2)9-15(21)20-7-5-19(6-8-20)12-3-4-13-14(10-12)18-16(22)17-13/h3-4,10-11H,5-9H2,1-2H3,(H2,17,18,22). The highest BCUT2D eigenvalue weighted by Crippen LogP contribution is 2.21. The molecule has 0 atom stereocenters. The SMILES string of the molecule is CC(C)CC(=O)N1CCN(c2ccc3[nH]c(=O)[nH]c3c2)CC1. The summed E-state index contributed by atoms with van der Waals surface area (Å²) < 4.78 is 0. The van der Waals surface area contributed by atoms with E-state index in [1.54, 1.807) is 0 Å². The van der Waals surface area contributed by atoms with E-state index in [0.29, 0.717) is 12.3 Å². The molecule has 1 fully saturated rings. The number of H-pyrrole nitrogens is 2. The monoisotopic (exact) mass is 302 g/mol. The Morgan fingerprint density at radius 2 is 1.82 bits per heavy atom. The van der Waals surface area contributed by atoms with Crippen LogP contribution in [0.25, 0.3) is 11.0 Å². The molecule has 118 valence electrons. The molecule has 0 unspecified atom stereocenters. The van der Waals surface area contributed by atoms with Crippen LogP contribution in [0.5, 0.6) is 0 Å². The Hall–Kier alpha value is -2.24. The molecule has 1 amide bonds. The molecule has 0 aliphatic carbocycles. The third kappa shape index (κ3) is 3.00. The van der Waals surface area contributed by atoms with Crippen LogP contribution in [0, 0.1) is 5.92 Å². The number of hydrogen-bond donors (Lipinski definition) is 2. The lowest BCUT2D eigenvalue weighted by atomic mass is 10.1. The van der Waals surface area contributed by atoms with E-state index in [1.165, 1.54) is 0 Å². The Kier molecular flexibility index (Phi) is 3.92. The zero-order valence-corrected chi connectivity index (χ0v) is 13.1. The van der Waals surface area contributed by atoms with Crippen LogP contribution >= 0.6 is 0 Å². The van der Waals surface area contributed by atoms with Gasteiger partial charge in [0.25, 0.3) is 0 Å². The fourth-order valence-corrected chi connectivity index (χ4v) is 2.91. The highest BCUT2D eigenvalue weighted by Gasteiger charge is 2.21. The summed E-state index contributed by atoms with van der Waals surface area (Å²) in [5, 5.41) is 0. The van der Waals surface area contributed by atoms with Crippen molar-refractivity contribution in [1.29, 1.82) is 0 Å². The van der Waals surface area contributed by atoms with E-state index in [0.717, 1.165) is 42.9 Å². The van der Waals surface area contributed by atoms with E-state index in [2.05, 4.69) is 28.7 Å². The lowest BCUT2D eigenvalue weighted by Gasteiger charge is -2.36. The number of aromatic nitrogens is 2. The van der Waals surface area contributed by atoms with Crippen molar-refractivity contribution in [3.63, 3.8) is 0 Å². The van der Waals surface area contributed by atoms with Crippen molar-refractivity contribution in [2.75, 3.05) is 31.1 Å². The number of amides is 1. The van der Waals surface area contributed by atoms with Crippen LogP contribution in [0.3, 0.4) is 0 Å². The molecule has 2 heterocycles. The molecule has 0 saturated carbocycles. The first kappa shape index (κ1) is 14.7. The second kappa shape index (κ2) is 5.87. The molecule has 0 radical (unpaired) electrons. The van der Waals surface area contributed by atoms with Gasteiger partial charge in [0.15, 0.2) is 0 Å². The van der Waals surface area contributed by atoms with Gasteiger partial charge in [0.05, 0.1) is 11.0 Å². The van der Waals surface area contributed by atoms with E-state index in [4.69, 9.17) is 0 Å². The molecular formula is C16H22N4O2. The summed E-state index contributed by atoms with van der Waals surface area (Å²) >= 11 is 0. The number of rotatable bonds is 3. The maximum Gasteiger partial charge on any atom is 0.323 e. The quantitative estimate of drug-likeness (QED) is 0.903. The van der Waals surface area contributed by atoms with Crippen molar-refractivity contribution in [1.82, 2.24) is 14.9 Å². The topological polar surface area (TPSA) is 72.2 Å². The lowest BCUT2D eigenvalue weighted by Crippen LogP contribution is -2.49. The van der Waals surface area contributed by atoms with Crippen molar-refractivity contribution in [3.8, 4) is 0 Å². The Balaban J connectivity index is 1.67. The number of piperazine rings is 1. The molecule has 0 spiro atoms. The zero-order chi connectivity index (χ0) is 15.7. The Morgan fingerprint density at radius 1 is 1.14 bits per heavy atom. The Labute approximate surface area is 129 Å². The maximum absolute atomic E-state index is 12.1. The second-order valence-corrected chi connectivity index (χ2v) is 6.27. The molecule has 6 heteroatoms. The number of anilines is 1. The molecule has 2 aromatic rings. The summed E-state index contributed by atoms with van der Waals surface area (Å²) in [6, 6.07) is 5.91. The number of benzene rings is 1. The van der Waals surface area contributed by atoms with Gasteiger partial charge in [-0.15, -0.1) is 0 Å². The average molecular weight is 302 g/mol. The maximum atomic E-state index is 12.1. The van der Waals surface area contributed by atoms with Crippen LogP contribution < -0.4 is 10.6 Å². The largest absolute Gasteiger partial charge is 0.368 e. The van der Waals surface area contributed by atoms with Gasteiger partial charge in [-0.3, -0.25) is 4.79 Å². The van der Waals surface area contributed by atoms with Gasteiger partial charge in [0.2, 0.25) is 5.91 Å².